The van der Waals surface area contributed by atoms with Gasteiger partial charge in [0.1, 0.15) is 11.3 Å². The van der Waals surface area contributed by atoms with Gasteiger partial charge >= 0.3 is 0 Å². The molecule has 0 bridgehead atoms. The number of nitrogens with one attached hydrogen (secondary N) is 1. The molecule has 0 aliphatic rings. The molecule has 0 fully saturated rings. The smallest absolute Gasteiger partial charge is 0.205 e. The molecule has 3 heterocycles. The summed E-state index contributed by atoms with van der Waals surface area (Å²) in [5.41, 5.74) is 8.38. The van der Waals surface area contributed by atoms with E-state index in [1.165, 1.54) is 11.1 Å². The van der Waals surface area contributed by atoms with Crippen LogP contribution in [0.2, 0.25) is 0 Å². The molecule has 5 aromatic rings. The molecule has 0 aliphatic carbocycles. The van der Waals surface area contributed by atoms with Gasteiger partial charge in [-0.3, -0.25) is 0 Å². The normalized spacial score (nSPS) is 11.4. The predicted molar refractivity (Wildman–Crippen MR) is 128 cm³/mol. The van der Waals surface area contributed by atoms with Gasteiger partial charge in [-0.1, -0.05) is 47.1 Å². The van der Waals surface area contributed by atoms with Gasteiger partial charge in [-0.05, 0) is 65.6 Å². The van der Waals surface area contributed by atoms with Gasteiger partial charge in [-0.15, -0.1) is 10.2 Å². The third kappa shape index (κ3) is 3.71. The van der Waals surface area contributed by atoms with Crippen LogP contribution in [0, 0.1) is 13.8 Å². The van der Waals surface area contributed by atoms with Crippen LogP contribution >= 0.6 is 15.9 Å². The maximum atomic E-state index is 4.86. The van der Waals surface area contributed by atoms with Gasteiger partial charge in [0.15, 0.2) is 5.65 Å². The highest BCUT2D eigenvalue weighted by atomic mass is 79.9. The van der Waals surface area contributed by atoms with Crippen molar-refractivity contribution in [3.63, 3.8) is 0 Å². The van der Waals surface area contributed by atoms with Gasteiger partial charge in [0.25, 0.3) is 0 Å². The first-order valence-corrected chi connectivity index (χ1v) is 11.3. The number of aryl methyl sites for hydroxylation is 3. The summed E-state index contributed by atoms with van der Waals surface area (Å²) in [6.45, 7) is 6.99. The van der Waals surface area contributed by atoms with Crippen LogP contribution in [0.15, 0.2) is 53.0 Å². The minimum atomic E-state index is 0.575. The van der Waals surface area contributed by atoms with Crippen molar-refractivity contribution in [1.82, 2.24) is 35.2 Å². The van der Waals surface area contributed by atoms with E-state index < -0.39 is 0 Å². The lowest BCUT2D eigenvalue weighted by Gasteiger charge is -2.11. The number of fused-ring (bicyclic) bond motifs is 1. The summed E-state index contributed by atoms with van der Waals surface area (Å²) < 4.78 is 3.23. The number of aromatic nitrogens is 7. The van der Waals surface area contributed by atoms with Gasteiger partial charge in [0.2, 0.25) is 5.82 Å². The fourth-order valence-corrected chi connectivity index (χ4v) is 4.44. The number of benzene rings is 2. The van der Waals surface area contributed by atoms with E-state index >= 15 is 0 Å². The molecule has 0 saturated carbocycles. The minimum Gasteiger partial charge on any atom is -0.308 e. The van der Waals surface area contributed by atoms with Gasteiger partial charge in [-0.25, -0.2) is 9.97 Å². The van der Waals surface area contributed by atoms with Crippen molar-refractivity contribution in [2.24, 2.45) is 0 Å². The first kappa shape index (κ1) is 20.5. The van der Waals surface area contributed by atoms with E-state index in [0.717, 1.165) is 56.8 Å². The molecule has 0 unspecified atom stereocenters. The van der Waals surface area contributed by atoms with E-state index in [1.807, 2.05) is 19.1 Å². The molecule has 7 nitrogen and oxygen atoms in total. The average Bonchev–Trinajstić information content (AvgIpc) is 3.43. The molecule has 160 valence electrons. The summed E-state index contributed by atoms with van der Waals surface area (Å²) in [6, 6.07) is 16.7. The Morgan fingerprint density at radius 3 is 2.50 bits per heavy atom. The number of rotatable bonds is 5. The lowest BCUT2D eigenvalue weighted by molar-refractivity contribution is 0.745. The Bertz CT molecular complexity index is 1400. The van der Waals surface area contributed by atoms with Crippen LogP contribution in [0.25, 0.3) is 33.7 Å². The summed E-state index contributed by atoms with van der Waals surface area (Å²) >= 11 is 3.58. The zero-order valence-electron chi connectivity index (χ0n) is 18.1. The molecular formula is C24H22BrN7. The Morgan fingerprint density at radius 2 is 1.78 bits per heavy atom. The molecule has 1 N–H and O–H groups in total. The zero-order valence-corrected chi connectivity index (χ0v) is 19.7. The predicted octanol–water partition coefficient (Wildman–Crippen LogP) is 5.27. The highest BCUT2D eigenvalue weighted by Crippen LogP contribution is 2.33. The third-order valence-electron chi connectivity index (χ3n) is 5.59. The largest absolute Gasteiger partial charge is 0.308 e. The number of pyridine rings is 1. The van der Waals surface area contributed by atoms with Crippen molar-refractivity contribution in [3.05, 3.63) is 75.6 Å². The molecule has 8 heteroatoms. The number of hydrogen-bond acceptors (Lipinski definition) is 5. The Labute approximate surface area is 194 Å². The molecule has 0 atom stereocenters. The quantitative estimate of drug-likeness (QED) is 0.365. The van der Waals surface area contributed by atoms with E-state index in [2.05, 4.69) is 91.4 Å². The molecule has 0 aliphatic heterocycles. The van der Waals surface area contributed by atoms with E-state index in [0.29, 0.717) is 5.82 Å². The lowest BCUT2D eigenvalue weighted by atomic mass is 9.98. The van der Waals surface area contributed by atoms with Crippen molar-refractivity contribution in [2.75, 3.05) is 0 Å². The van der Waals surface area contributed by atoms with Crippen molar-refractivity contribution in [3.8, 4) is 22.5 Å². The van der Waals surface area contributed by atoms with Crippen LogP contribution in [0.5, 0.6) is 0 Å². The van der Waals surface area contributed by atoms with Gasteiger partial charge in [0.05, 0.1) is 6.54 Å². The zero-order chi connectivity index (χ0) is 22.2. The Kier molecular flexibility index (Phi) is 5.30. The number of H-pyrrole nitrogens is 1. The molecule has 0 saturated heterocycles. The van der Waals surface area contributed by atoms with Crippen molar-refractivity contribution in [2.45, 2.75) is 33.7 Å². The van der Waals surface area contributed by atoms with E-state index in [4.69, 9.17) is 9.97 Å². The summed E-state index contributed by atoms with van der Waals surface area (Å²) in [5, 5.41) is 14.5. The summed E-state index contributed by atoms with van der Waals surface area (Å²) in [6.07, 6.45) is 0.860. The molecule has 0 radical (unpaired) electrons. The molecule has 0 spiro atoms. The summed E-state index contributed by atoms with van der Waals surface area (Å²) in [7, 11) is 0. The Hall–Kier alpha value is -3.39. The topological polar surface area (TPSA) is 85.2 Å². The minimum absolute atomic E-state index is 0.575. The maximum absolute atomic E-state index is 4.86. The Balaban J connectivity index is 1.52. The Morgan fingerprint density at radius 1 is 0.969 bits per heavy atom. The number of nitrogens with zero attached hydrogens (tertiary/aromatic N) is 6. The van der Waals surface area contributed by atoms with Crippen molar-refractivity contribution < 1.29 is 0 Å². The first-order chi connectivity index (χ1) is 15.5. The highest BCUT2D eigenvalue weighted by Gasteiger charge is 2.15. The number of tetrazole rings is 1. The fourth-order valence-electron chi connectivity index (χ4n) is 4.08. The molecule has 2 aromatic carbocycles. The highest BCUT2D eigenvalue weighted by molar-refractivity contribution is 9.10. The SMILES string of the molecule is CCc1nc2c(C)cc(C)nc2n1Cc1ccc(-c2cc(Br)ccc2-c2nn[nH]n2)cc1. The van der Waals surface area contributed by atoms with E-state index in [-0.39, 0.29) is 0 Å². The molecular weight excluding hydrogens is 466 g/mol. The number of hydrogen-bond donors (Lipinski definition) is 1. The standard InChI is InChI=1S/C24H22BrN7/c1-4-21-27-22-14(2)11-15(3)26-24(22)32(21)13-16-5-7-17(8-6-16)20-12-18(25)9-10-19(20)23-28-30-31-29-23/h5-12H,4,13H2,1-3H3,(H,28,29,30,31). The van der Waals surface area contributed by atoms with Crippen molar-refractivity contribution in [1.29, 1.82) is 0 Å². The number of halogens is 1. The lowest BCUT2D eigenvalue weighted by Crippen LogP contribution is -2.05. The van der Waals surface area contributed by atoms with Crippen molar-refractivity contribution >= 4 is 27.1 Å². The molecule has 0 amide bonds. The average molecular weight is 488 g/mol. The third-order valence-corrected chi connectivity index (χ3v) is 6.08. The fraction of sp³-hybridized carbons (Fsp3) is 0.208. The van der Waals surface area contributed by atoms with Crippen LogP contribution in [-0.2, 0) is 13.0 Å². The molecule has 32 heavy (non-hydrogen) atoms. The van der Waals surface area contributed by atoms with Gasteiger partial charge < -0.3 is 4.57 Å². The molecule has 5 rings (SSSR count). The van der Waals surface area contributed by atoms with Crippen LogP contribution in [-0.4, -0.2) is 35.2 Å². The van der Waals surface area contributed by atoms with Crippen LogP contribution in [0.3, 0.4) is 0 Å². The second-order valence-corrected chi connectivity index (χ2v) is 8.76. The van der Waals surface area contributed by atoms with E-state index in [1.54, 1.807) is 0 Å². The van der Waals surface area contributed by atoms with Crippen LogP contribution in [0.1, 0.15) is 29.6 Å². The van der Waals surface area contributed by atoms with Gasteiger partial charge in [-0.2, -0.15) is 5.21 Å². The van der Waals surface area contributed by atoms with E-state index in [9.17, 15) is 0 Å². The maximum Gasteiger partial charge on any atom is 0.205 e. The van der Waals surface area contributed by atoms with Crippen LogP contribution < -0.4 is 0 Å². The summed E-state index contributed by atoms with van der Waals surface area (Å²) in [5.74, 6) is 1.63. The number of imidazole rings is 1. The second-order valence-electron chi connectivity index (χ2n) is 7.84. The monoisotopic (exact) mass is 487 g/mol. The van der Waals surface area contributed by atoms with Gasteiger partial charge in [0, 0.05) is 22.2 Å². The van der Waals surface area contributed by atoms with Crippen LogP contribution in [0.4, 0.5) is 0 Å². The number of aromatic amines is 1. The second kappa shape index (κ2) is 8.27. The molecule has 3 aromatic heterocycles. The summed E-state index contributed by atoms with van der Waals surface area (Å²) in [4.78, 5) is 9.64. The first-order valence-electron chi connectivity index (χ1n) is 10.5.